The highest BCUT2D eigenvalue weighted by Crippen LogP contribution is 2.53. The minimum absolute atomic E-state index is 0.0607. The second-order valence-corrected chi connectivity index (χ2v) is 14.0. The predicted octanol–water partition coefficient (Wildman–Crippen LogP) is 13.8. The summed E-state index contributed by atoms with van der Waals surface area (Å²) in [5, 5.41) is 2.50. The van der Waals surface area contributed by atoms with Crippen molar-refractivity contribution in [2.24, 2.45) is 0 Å². The van der Waals surface area contributed by atoms with Gasteiger partial charge in [-0.15, -0.1) is 0 Å². The molecule has 0 bridgehead atoms. The molecule has 2 nitrogen and oxygen atoms in total. The number of ether oxygens (including phenoxy) is 1. The first-order valence-electron chi connectivity index (χ1n) is 18.7. The van der Waals surface area contributed by atoms with Gasteiger partial charge >= 0.3 is 0 Å². The number of benzene rings is 8. The van der Waals surface area contributed by atoms with Crippen LogP contribution in [0.2, 0.25) is 0 Å². The van der Waals surface area contributed by atoms with Crippen LogP contribution in [-0.4, -0.2) is 6.10 Å². The van der Waals surface area contributed by atoms with E-state index in [9.17, 15) is 0 Å². The van der Waals surface area contributed by atoms with Gasteiger partial charge in [0.2, 0.25) is 0 Å². The van der Waals surface area contributed by atoms with Crippen molar-refractivity contribution in [1.29, 1.82) is 0 Å². The van der Waals surface area contributed by atoms with Gasteiger partial charge in [0.15, 0.2) is 0 Å². The van der Waals surface area contributed by atoms with Crippen molar-refractivity contribution in [3.63, 3.8) is 0 Å². The molecule has 0 amide bonds. The fourth-order valence-corrected chi connectivity index (χ4v) is 8.30. The minimum Gasteiger partial charge on any atom is -0.485 e. The Morgan fingerprint density at radius 2 is 0.944 bits per heavy atom. The Bertz CT molecular complexity index is 2660. The molecule has 2 unspecified atom stereocenters. The Morgan fingerprint density at radius 3 is 1.61 bits per heavy atom. The van der Waals surface area contributed by atoms with E-state index in [-0.39, 0.29) is 12.0 Å². The SMILES string of the molecule is C1=CC2Oc3cc(-c4ccccc4)c4ccccc4c3C2C(c2ccc(N(c3ccc(-c4ccccc4)cc3)c3cccc(-c4ccccc4)c3)cc2)=C1. The quantitative estimate of drug-likeness (QED) is 0.165. The van der Waals surface area contributed by atoms with Gasteiger partial charge in [-0.1, -0.05) is 164 Å². The third-order valence-corrected chi connectivity index (χ3v) is 10.9. The summed E-state index contributed by atoms with van der Waals surface area (Å²) in [7, 11) is 0. The maximum atomic E-state index is 6.76. The lowest BCUT2D eigenvalue weighted by molar-refractivity contribution is 0.272. The Morgan fingerprint density at radius 1 is 0.407 bits per heavy atom. The van der Waals surface area contributed by atoms with Crippen LogP contribution in [0.5, 0.6) is 5.75 Å². The van der Waals surface area contributed by atoms with E-state index in [4.69, 9.17) is 4.74 Å². The number of hydrogen-bond acceptors (Lipinski definition) is 2. The van der Waals surface area contributed by atoms with Crippen LogP contribution in [0.25, 0.3) is 49.7 Å². The van der Waals surface area contributed by atoms with Gasteiger partial charge in [0, 0.05) is 22.6 Å². The lowest BCUT2D eigenvalue weighted by Crippen LogP contribution is -2.19. The summed E-state index contributed by atoms with van der Waals surface area (Å²) in [4.78, 5) is 2.36. The zero-order valence-corrected chi connectivity index (χ0v) is 29.7. The molecule has 0 spiro atoms. The first kappa shape index (κ1) is 31.8. The molecule has 256 valence electrons. The number of nitrogens with zero attached hydrogens (tertiary/aromatic N) is 1. The van der Waals surface area contributed by atoms with E-state index in [0.29, 0.717) is 0 Å². The largest absolute Gasteiger partial charge is 0.485 e. The lowest BCUT2D eigenvalue weighted by Gasteiger charge is -2.27. The van der Waals surface area contributed by atoms with E-state index < -0.39 is 0 Å². The first-order chi connectivity index (χ1) is 26.8. The molecule has 0 aromatic heterocycles. The Kier molecular flexibility index (Phi) is 8.00. The topological polar surface area (TPSA) is 12.5 Å². The average molecular weight is 692 g/mol. The fraction of sp³-hybridized carbons (Fsp3) is 0.0385. The van der Waals surface area contributed by atoms with Gasteiger partial charge in [-0.25, -0.2) is 0 Å². The molecule has 1 aliphatic heterocycles. The predicted molar refractivity (Wildman–Crippen MR) is 226 cm³/mol. The molecule has 1 heterocycles. The molecule has 10 rings (SSSR count). The Labute approximate surface area is 316 Å². The van der Waals surface area contributed by atoms with Crippen LogP contribution in [0.3, 0.4) is 0 Å². The molecule has 1 aliphatic carbocycles. The summed E-state index contributed by atoms with van der Waals surface area (Å²) in [6.45, 7) is 0. The van der Waals surface area contributed by atoms with Gasteiger partial charge in [-0.2, -0.15) is 0 Å². The van der Waals surface area contributed by atoms with Gasteiger partial charge in [-0.05, 0) is 104 Å². The Balaban J connectivity index is 1.04. The summed E-state index contributed by atoms with van der Waals surface area (Å²) in [5.41, 5.74) is 14.2. The van der Waals surface area contributed by atoms with Gasteiger partial charge in [0.25, 0.3) is 0 Å². The van der Waals surface area contributed by atoms with Crippen LogP contribution < -0.4 is 9.64 Å². The van der Waals surface area contributed by atoms with E-state index in [1.807, 2.05) is 0 Å². The minimum atomic E-state index is -0.0607. The van der Waals surface area contributed by atoms with Gasteiger partial charge in [0.05, 0.1) is 5.92 Å². The third kappa shape index (κ3) is 5.70. The third-order valence-electron chi connectivity index (χ3n) is 10.9. The van der Waals surface area contributed by atoms with E-state index >= 15 is 0 Å². The van der Waals surface area contributed by atoms with Crippen molar-refractivity contribution >= 4 is 33.4 Å². The van der Waals surface area contributed by atoms with Crippen molar-refractivity contribution < 1.29 is 4.74 Å². The summed E-state index contributed by atoms with van der Waals surface area (Å²) in [6.07, 6.45) is 6.58. The first-order valence-corrected chi connectivity index (χ1v) is 18.7. The van der Waals surface area contributed by atoms with Crippen molar-refractivity contribution in [3.8, 4) is 39.1 Å². The van der Waals surface area contributed by atoms with E-state index in [0.717, 1.165) is 22.8 Å². The van der Waals surface area contributed by atoms with Crippen molar-refractivity contribution in [2.45, 2.75) is 12.0 Å². The molecule has 2 atom stereocenters. The molecule has 0 fully saturated rings. The number of allylic oxidation sites excluding steroid dienone is 2. The molecule has 0 radical (unpaired) electrons. The number of hydrogen-bond donors (Lipinski definition) is 0. The lowest BCUT2D eigenvalue weighted by atomic mass is 9.79. The summed E-state index contributed by atoms with van der Waals surface area (Å²) in [6, 6.07) is 69.7. The van der Waals surface area contributed by atoms with Crippen molar-refractivity contribution in [1.82, 2.24) is 0 Å². The highest BCUT2D eigenvalue weighted by atomic mass is 16.5. The van der Waals surface area contributed by atoms with Crippen LogP contribution in [0.4, 0.5) is 17.1 Å². The van der Waals surface area contributed by atoms with E-state index in [2.05, 4.69) is 217 Å². The van der Waals surface area contributed by atoms with Gasteiger partial charge in [-0.3, -0.25) is 0 Å². The molecular formula is C52H37NO. The zero-order valence-electron chi connectivity index (χ0n) is 29.7. The van der Waals surface area contributed by atoms with Crippen LogP contribution in [0, 0.1) is 0 Å². The molecule has 8 aromatic carbocycles. The molecule has 0 saturated carbocycles. The summed E-state index contributed by atoms with van der Waals surface area (Å²) >= 11 is 0. The van der Waals surface area contributed by atoms with Crippen molar-refractivity contribution in [3.05, 3.63) is 223 Å². The number of rotatable bonds is 7. The Hall–Kier alpha value is -6.90. The monoisotopic (exact) mass is 691 g/mol. The van der Waals surface area contributed by atoms with Gasteiger partial charge in [0.1, 0.15) is 11.9 Å². The molecule has 0 N–H and O–H groups in total. The second-order valence-electron chi connectivity index (χ2n) is 14.0. The highest BCUT2D eigenvalue weighted by molar-refractivity contribution is 6.02. The van der Waals surface area contributed by atoms with Crippen LogP contribution >= 0.6 is 0 Å². The molecule has 54 heavy (non-hydrogen) atoms. The highest BCUT2D eigenvalue weighted by Gasteiger charge is 2.39. The molecule has 2 heteroatoms. The normalized spacial score (nSPS) is 15.6. The smallest absolute Gasteiger partial charge is 0.128 e. The van der Waals surface area contributed by atoms with Crippen LogP contribution in [-0.2, 0) is 0 Å². The molecule has 2 aliphatic rings. The fourth-order valence-electron chi connectivity index (χ4n) is 8.30. The van der Waals surface area contributed by atoms with E-state index in [1.165, 1.54) is 60.9 Å². The molecule has 8 aromatic rings. The maximum absolute atomic E-state index is 6.76. The van der Waals surface area contributed by atoms with Crippen LogP contribution in [0.1, 0.15) is 17.0 Å². The second kappa shape index (κ2) is 13.6. The summed E-state index contributed by atoms with van der Waals surface area (Å²) in [5.74, 6) is 1.06. The maximum Gasteiger partial charge on any atom is 0.128 e. The summed E-state index contributed by atoms with van der Waals surface area (Å²) < 4.78 is 6.76. The standard InChI is InChI=1S/C52H37NO/c1-4-14-36(15-5-1)38-26-30-42(31-27-38)53(44-21-12-20-41(34-44)37-16-6-2-7-17-37)43-32-28-40(29-33-43)45-24-13-25-49-51(45)52-47-23-11-10-22-46(47)48(35-50(52)54-49)39-18-8-3-9-19-39/h1-35,49,51H. The number of fused-ring (bicyclic) bond motifs is 5. The van der Waals surface area contributed by atoms with E-state index in [1.54, 1.807) is 0 Å². The molecule has 0 saturated heterocycles. The average Bonchev–Trinajstić information content (AvgIpc) is 3.64. The molecular weight excluding hydrogens is 655 g/mol. The van der Waals surface area contributed by atoms with Crippen LogP contribution in [0.15, 0.2) is 212 Å². The zero-order chi connectivity index (χ0) is 35.8. The van der Waals surface area contributed by atoms with Crippen molar-refractivity contribution in [2.75, 3.05) is 4.90 Å². The number of anilines is 3. The van der Waals surface area contributed by atoms with Gasteiger partial charge < -0.3 is 9.64 Å².